The third-order valence-corrected chi connectivity index (χ3v) is 9.31. The number of fused-ring (bicyclic) bond motifs is 12. The first-order chi connectivity index (χ1) is 21.8. The van der Waals surface area contributed by atoms with Crippen molar-refractivity contribution in [3.8, 4) is 28.3 Å². The molecule has 0 aliphatic carbocycles. The Morgan fingerprint density at radius 3 is 1.61 bits per heavy atom. The van der Waals surface area contributed by atoms with Crippen molar-refractivity contribution in [1.82, 2.24) is 4.57 Å². The van der Waals surface area contributed by atoms with Gasteiger partial charge >= 0.3 is 0 Å². The summed E-state index contributed by atoms with van der Waals surface area (Å²) in [5.74, 6) is 1.82. The molecule has 44 heavy (non-hydrogen) atoms. The molecule has 3 nitrogen and oxygen atoms in total. The second-order valence-corrected chi connectivity index (χ2v) is 11.6. The lowest BCUT2D eigenvalue weighted by molar-refractivity contribution is 0.627. The molecule has 0 radical (unpaired) electrons. The van der Waals surface area contributed by atoms with Crippen LogP contribution in [-0.2, 0) is 0 Å². The summed E-state index contributed by atoms with van der Waals surface area (Å²) in [5, 5.41) is 4.73. The van der Waals surface area contributed by atoms with Gasteiger partial charge in [-0.05, 0) is 47.3 Å². The summed E-state index contributed by atoms with van der Waals surface area (Å²) >= 11 is 0. The van der Waals surface area contributed by atoms with Crippen LogP contribution in [-0.4, -0.2) is 11.3 Å². The maximum atomic E-state index is 6.74. The van der Waals surface area contributed by atoms with Gasteiger partial charge in [-0.1, -0.05) is 115 Å². The molecular weight excluding hydrogens is 537 g/mol. The van der Waals surface area contributed by atoms with E-state index in [2.05, 4.69) is 150 Å². The Bertz CT molecular complexity index is 2470. The molecule has 4 heterocycles. The average Bonchev–Trinajstić information content (AvgIpc) is 3.74. The Hall–Kier alpha value is -5.74. The highest BCUT2D eigenvalue weighted by atomic mass is 16.3. The molecular formula is C40H24BNO2. The Kier molecular flexibility index (Phi) is 4.80. The predicted octanol–water partition coefficient (Wildman–Crippen LogP) is 8.44. The molecule has 1 aliphatic heterocycles. The van der Waals surface area contributed by atoms with E-state index in [-0.39, 0.29) is 6.71 Å². The molecule has 0 amide bonds. The van der Waals surface area contributed by atoms with Crippen molar-refractivity contribution in [2.45, 2.75) is 0 Å². The zero-order valence-corrected chi connectivity index (χ0v) is 23.7. The lowest BCUT2D eigenvalue weighted by atomic mass is 9.36. The largest absolute Gasteiger partial charge is 0.457 e. The highest BCUT2D eigenvalue weighted by Gasteiger charge is 2.39. The summed E-state index contributed by atoms with van der Waals surface area (Å²) in [7, 11) is 0. The topological polar surface area (TPSA) is 31.2 Å². The van der Waals surface area contributed by atoms with Crippen LogP contribution in [0.2, 0.25) is 0 Å². The first-order valence-electron chi connectivity index (χ1n) is 15.1. The highest BCUT2D eigenvalue weighted by Crippen LogP contribution is 2.40. The minimum Gasteiger partial charge on any atom is -0.457 e. The number of nitrogens with zero attached hydrogens (tertiary/aromatic N) is 1. The lowest BCUT2D eigenvalue weighted by Crippen LogP contribution is -2.52. The van der Waals surface area contributed by atoms with Gasteiger partial charge in [0.25, 0.3) is 6.71 Å². The first kappa shape index (κ1) is 23.8. The van der Waals surface area contributed by atoms with E-state index in [1.54, 1.807) is 0 Å². The summed E-state index contributed by atoms with van der Waals surface area (Å²) in [6.07, 6.45) is 0. The predicted molar refractivity (Wildman–Crippen MR) is 182 cm³/mol. The maximum absolute atomic E-state index is 6.74. The van der Waals surface area contributed by atoms with Crippen molar-refractivity contribution < 1.29 is 8.83 Å². The van der Waals surface area contributed by atoms with E-state index >= 15 is 0 Å². The van der Waals surface area contributed by atoms with Crippen molar-refractivity contribution in [3.63, 3.8) is 0 Å². The van der Waals surface area contributed by atoms with Crippen LogP contribution in [0.5, 0.6) is 0 Å². The molecule has 0 atom stereocenters. The van der Waals surface area contributed by atoms with Crippen molar-refractivity contribution >= 4 is 66.8 Å². The summed E-state index contributed by atoms with van der Waals surface area (Å²) < 4.78 is 15.8. The summed E-state index contributed by atoms with van der Waals surface area (Å²) in [6, 6.07) is 51.7. The van der Waals surface area contributed by atoms with Crippen molar-refractivity contribution in [1.29, 1.82) is 0 Å². The standard InChI is InChI=1S/C40H24BNO2/c1-2-12-26(13-3-1)42-33-19-9-6-14-27(33)32-24-25(22-23-34(32)42)41-37-30-17-7-10-20-35(30)43-39(37)28-15-4-5-16-29(28)40-38(41)31-18-8-11-21-36(31)44-40/h1-24H. The molecule has 6 aromatic carbocycles. The van der Waals surface area contributed by atoms with Gasteiger partial charge in [-0.3, -0.25) is 0 Å². The van der Waals surface area contributed by atoms with Gasteiger partial charge in [0.15, 0.2) is 0 Å². The fourth-order valence-electron chi connectivity index (χ4n) is 7.49. The first-order valence-corrected chi connectivity index (χ1v) is 15.1. The van der Waals surface area contributed by atoms with Crippen molar-refractivity contribution in [3.05, 3.63) is 146 Å². The van der Waals surface area contributed by atoms with E-state index in [0.717, 1.165) is 50.3 Å². The molecule has 1 aliphatic rings. The van der Waals surface area contributed by atoms with Crippen LogP contribution in [0.3, 0.4) is 0 Å². The van der Waals surface area contributed by atoms with Gasteiger partial charge in [0, 0.05) is 38.4 Å². The number of para-hydroxylation sites is 4. The number of rotatable bonds is 2. The third-order valence-electron chi connectivity index (χ3n) is 9.31. The van der Waals surface area contributed by atoms with Gasteiger partial charge in [0.1, 0.15) is 22.7 Å². The fourth-order valence-corrected chi connectivity index (χ4v) is 7.49. The van der Waals surface area contributed by atoms with Crippen LogP contribution in [0, 0.1) is 0 Å². The number of aromatic nitrogens is 1. The van der Waals surface area contributed by atoms with Gasteiger partial charge < -0.3 is 13.4 Å². The van der Waals surface area contributed by atoms with E-state index < -0.39 is 0 Å². The van der Waals surface area contributed by atoms with E-state index in [0.29, 0.717) is 0 Å². The Morgan fingerprint density at radius 1 is 0.432 bits per heavy atom. The zero-order valence-electron chi connectivity index (χ0n) is 23.7. The van der Waals surface area contributed by atoms with E-state index in [1.807, 2.05) is 0 Å². The second-order valence-electron chi connectivity index (χ2n) is 11.6. The van der Waals surface area contributed by atoms with Crippen LogP contribution in [0.4, 0.5) is 0 Å². The number of hydrogen-bond acceptors (Lipinski definition) is 2. The van der Waals surface area contributed by atoms with E-state index in [9.17, 15) is 0 Å². The molecule has 0 saturated carbocycles. The fraction of sp³-hybridized carbons (Fsp3) is 0. The molecule has 4 heteroatoms. The van der Waals surface area contributed by atoms with E-state index in [4.69, 9.17) is 8.83 Å². The highest BCUT2D eigenvalue weighted by molar-refractivity contribution is 7.00. The minimum absolute atomic E-state index is 0.108. The van der Waals surface area contributed by atoms with Gasteiger partial charge in [-0.15, -0.1) is 0 Å². The third kappa shape index (κ3) is 3.17. The van der Waals surface area contributed by atoms with Crippen LogP contribution in [0.15, 0.2) is 154 Å². The Labute approximate surface area is 253 Å². The van der Waals surface area contributed by atoms with Crippen LogP contribution in [0.1, 0.15) is 0 Å². The smallest absolute Gasteiger partial charge is 0.252 e. The monoisotopic (exact) mass is 561 g/mol. The molecule has 0 bridgehead atoms. The number of benzene rings is 6. The second kappa shape index (κ2) is 8.89. The van der Waals surface area contributed by atoms with Gasteiger partial charge in [0.2, 0.25) is 0 Å². The average molecular weight is 561 g/mol. The summed E-state index contributed by atoms with van der Waals surface area (Å²) in [5.41, 5.74) is 11.0. The molecule has 0 spiro atoms. The van der Waals surface area contributed by atoms with Crippen LogP contribution < -0.4 is 16.4 Å². The van der Waals surface area contributed by atoms with E-state index in [1.165, 1.54) is 38.2 Å². The van der Waals surface area contributed by atoms with Crippen LogP contribution >= 0.6 is 0 Å². The minimum atomic E-state index is -0.108. The normalized spacial score (nSPS) is 12.5. The maximum Gasteiger partial charge on any atom is 0.252 e. The summed E-state index contributed by atoms with van der Waals surface area (Å²) in [6.45, 7) is -0.108. The molecule has 0 unspecified atom stereocenters. The quantitative estimate of drug-likeness (QED) is 0.198. The molecule has 10 rings (SSSR count). The summed E-state index contributed by atoms with van der Waals surface area (Å²) in [4.78, 5) is 0. The van der Waals surface area contributed by atoms with Crippen molar-refractivity contribution in [2.24, 2.45) is 0 Å². The molecule has 3 aromatic heterocycles. The van der Waals surface area contributed by atoms with Gasteiger partial charge in [-0.2, -0.15) is 0 Å². The number of hydrogen-bond donors (Lipinski definition) is 0. The molecule has 0 fully saturated rings. The number of furan rings is 2. The van der Waals surface area contributed by atoms with Gasteiger partial charge in [0.05, 0.1) is 11.0 Å². The molecule has 0 N–H and O–H groups in total. The Balaban J connectivity index is 1.35. The van der Waals surface area contributed by atoms with Crippen LogP contribution in [0.25, 0.3) is 72.1 Å². The SMILES string of the molecule is c1ccc(-n2c3ccccc3c3cc(B4c5c(oc6ccccc56)-c5ccccc5-c5oc6ccccc6c54)ccc32)cc1. The Morgan fingerprint density at radius 2 is 0.955 bits per heavy atom. The molecule has 204 valence electrons. The lowest BCUT2D eigenvalue weighted by Gasteiger charge is -2.15. The van der Waals surface area contributed by atoms with Crippen molar-refractivity contribution in [2.75, 3.05) is 0 Å². The molecule has 9 aromatic rings. The molecule has 0 saturated heterocycles. The zero-order chi connectivity index (χ0) is 28.8. The van der Waals surface area contributed by atoms with Gasteiger partial charge in [-0.25, -0.2) is 0 Å².